The minimum atomic E-state index is 0.347. The minimum absolute atomic E-state index is 0.347. The Labute approximate surface area is 111 Å². The SMILES string of the molecule is Cc1cscc1-c1nc(C)c(C(C)C)c(Cl)n1. The van der Waals surface area contributed by atoms with E-state index >= 15 is 0 Å². The lowest BCUT2D eigenvalue weighted by atomic mass is 10.0. The van der Waals surface area contributed by atoms with Crippen molar-refractivity contribution in [3.8, 4) is 11.4 Å². The van der Waals surface area contributed by atoms with Gasteiger partial charge in [0, 0.05) is 22.2 Å². The van der Waals surface area contributed by atoms with E-state index in [0.717, 1.165) is 22.6 Å². The van der Waals surface area contributed by atoms with Crippen molar-refractivity contribution in [1.29, 1.82) is 0 Å². The maximum atomic E-state index is 6.25. The highest BCUT2D eigenvalue weighted by Gasteiger charge is 2.15. The molecule has 2 heterocycles. The van der Waals surface area contributed by atoms with Crippen molar-refractivity contribution >= 4 is 22.9 Å². The lowest BCUT2D eigenvalue weighted by Gasteiger charge is -2.12. The lowest BCUT2D eigenvalue weighted by molar-refractivity contribution is 0.831. The number of aryl methyl sites for hydroxylation is 2. The average molecular weight is 267 g/mol. The molecule has 2 aromatic heterocycles. The summed E-state index contributed by atoms with van der Waals surface area (Å²) < 4.78 is 0. The summed E-state index contributed by atoms with van der Waals surface area (Å²) in [6.45, 7) is 8.27. The van der Waals surface area contributed by atoms with Crippen LogP contribution in [0.4, 0.5) is 0 Å². The van der Waals surface area contributed by atoms with Crippen LogP contribution in [0.25, 0.3) is 11.4 Å². The molecule has 0 unspecified atom stereocenters. The molecule has 2 aromatic rings. The highest BCUT2D eigenvalue weighted by molar-refractivity contribution is 7.08. The average Bonchev–Trinajstić information content (AvgIpc) is 2.62. The van der Waals surface area contributed by atoms with E-state index in [0.29, 0.717) is 11.1 Å². The van der Waals surface area contributed by atoms with Gasteiger partial charge in [0.25, 0.3) is 0 Å². The van der Waals surface area contributed by atoms with E-state index in [-0.39, 0.29) is 0 Å². The van der Waals surface area contributed by atoms with Crippen LogP contribution in [0.3, 0.4) is 0 Å². The number of halogens is 1. The second kappa shape index (κ2) is 4.75. The van der Waals surface area contributed by atoms with Gasteiger partial charge in [0.1, 0.15) is 5.15 Å². The molecule has 0 aliphatic rings. The molecule has 0 bridgehead atoms. The van der Waals surface area contributed by atoms with Crippen LogP contribution < -0.4 is 0 Å². The highest BCUT2D eigenvalue weighted by Crippen LogP contribution is 2.30. The Kier molecular flexibility index (Phi) is 3.50. The molecule has 0 aromatic carbocycles. The Morgan fingerprint density at radius 3 is 2.35 bits per heavy atom. The molecule has 0 fully saturated rings. The van der Waals surface area contributed by atoms with Crippen LogP contribution in [-0.4, -0.2) is 9.97 Å². The predicted molar refractivity (Wildman–Crippen MR) is 73.9 cm³/mol. The fourth-order valence-corrected chi connectivity index (χ4v) is 3.17. The smallest absolute Gasteiger partial charge is 0.162 e. The topological polar surface area (TPSA) is 25.8 Å². The number of rotatable bonds is 2. The van der Waals surface area contributed by atoms with Gasteiger partial charge in [0.2, 0.25) is 0 Å². The molecule has 0 aliphatic carbocycles. The van der Waals surface area contributed by atoms with E-state index in [1.807, 2.05) is 6.92 Å². The van der Waals surface area contributed by atoms with E-state index in [9.17, 15) is 0 Å². The summed E-state index contributed by atoms with van der Waals surface area (Å²) in [6.07, 6.45) is 0. The number of nitrogens with zero attached hydrogens (tertiary/aromatic N) is 2. The molecule has 2 rings (SSSR count). The van der Waals surface area contributed by atoms with Gasteiger partial charge in [-0.15, -0.1) is 0 Å². The Hall–Kier alpha value is -0.930. The Morgan fingerprint density at radius 2 is 1.88 bits per heavy atom. The van der Waals surface area contributed by atoms with Gasteiger partial charge < -0.3 is 0 Å². The van der Waals surface area contributed by atoms with Crippen molar-refractivity contribution in [3.05, 3.63) is 32.7 Å². The van der Waals surface area contributed by atoms with Gasteiger partial charge in [-0.2, -0.15) is 11.3 Å². The Balaban J connectivity index is 2.57. The molecule has 17 heavy (non-hydrogen) atoms. The molecule has 0 radical (unpaired) electrons. The normalized spacial score (nSPS) is 11.2. The summed E-state index contributed by atoms with van der Waals surface area (Å²) >= 11 is 7.91. The summed E-state index contributed by atoms with van der Waals surface area (Å²) in [7, 11) is 0. The fraction of sp³-hybridized carbons (Fsp3) is 0.385. The summed E-state index contributed by atoms with van der Waals surface area (Å²) in [6, 6.07) is 0. The largest absolute Gasteiger partial charge is 0.233 e. The van der Waals surface area contributed by atoms with Crippen molar-refractivity contribution in [2.24, 2.45) is 0 Å². The molecular weight excluding hydrogens is 252 g/mol. The summed E-state index contributed by atoms with van der Waals surface area (Å²) in [5, 5.41) is 4.74. The van der Waals surface area contributed by atoms with Crippen molar-refractivity contribution in [2.75, 3.05) is 0 Å². The third-order valence-electron chi connectivity index (χ3n) is 2.76. The van der Waals surface area contributed by atoms with Gasteiger partial charge >= 0.3 is 0 Å². The zero-order chi connectivity index (χ0) is 12.6. The third kappa shape index (κ3) is 2.35. The zero-order valence-electron chi connectivity index (χ0n) is 10.4. The van der Waals surface area contributed by atoms with Gasteiger partial charge in [-0.1, -0.05) is 25.4 Å². The first-order valence-electron chi connectivity index (χ1n) is 5.58. The summed E-state index contributed by atoms with van der Waals surface area (Å²) in [4.78, 5) is 8.99. The van der Waals surface area contributed by atoms with Crippen LogP contribution in [-0.2, 0) is 0 Å². The van der Waals surface area contributed by atoms with Gasteiger partial charge in [-0.3, -0.25) is 0 Å². The molecule has 0 saturated carbocycles. The van der Waals surface area contributed by atoms with Crippen LogP contribution in [0.1, 0.15) is 36.6 Å². The second-order valence-electron chi connectivity index (χ2n) is 4.46. The molecule has 0 spiro atoms. The molecule has 0 N–H and O–H groups in total. The van der Waals surface area contributed by atoms with Crippen molar-refractivity contribution in [2.45, 2.75) is 33.6 Å². The standard InChI is InChI=1S/C13H15ClN2S/c1-7(2)11-9(4)15-13(16-12(11)14)10-6-17-5-8(10)3/h5-7H,1-4H3. The van der Waals surface area contributed by atoms with Crippen molar-refractivity contribution < 1.29 is 0 Å². The summed E-state index contributed by atoms with van der Waals surface area (Å²) in [5.74, 6) is 1.08. The number of aromatic nitrogens is 2. The Morgan fingerprint density at radius 1 is 1.18 bits per heavy atom. The first kappa shape index (κ1) is 12.5. The monoisotopic (exact) mass is 266 g/mol. The lowest BCUT2D eigenvalue weighted by Crippen LogP contribution is -2.01. The number of hydrogen-bond donors (Lipinski definition) is 0. The predicted octanol–water partition coefficient (Wildman–Crippen LogP) is 4.60. The molecular formula is C13H15ClN2S. The minimum Gasteiger partial charge on any atom is -0.233 e. The van der Waals surface area contributed by atoms with E-state index in [1.165, 1.54) is 5.56 Å². The van der Waals surface area contributed by atoms with Crippen molar-refractivity contribution in [3.63, 3.8) is 0 Å². The van der Waals surface area contributed by atoms with Crippen LogP contribution in [0.5, 0.6) is 0 Å². The summed E-state index contributed by atoms with van der Waals surface area (Å²) in [5.41, 5.74) is 4.29. The van der Waals surface area contributed by atoms with E-state index < -0.39 is 0 Å². The second-order valence-corrected chi connectivity index (χ2v) is 5.56. The molecule has 90 valence electrons. The fourth-order valence-electron chi connectivity index (χ4n) is 1.91. The maximum absolute atomic E-state index is 6.25. The van der Waals surface area contributed by atoms with E-state index in [1.54, 1.807) is 11.3 Å². The van der Waals surface area contributed by atoms with Gasteiger partial charge in [0.15, 0.2) is 5.82 Å². The third-order valence-corrected chi connectivity index (χ3v) is 3.91. The number of thiophene rings is 1. The molecule has 0 aliphatic heterocycles. The number of hydrogen-bond acceptors (Lipinski definition) is 3. The van der Waals surface area contributed by atoms with Gasteiger partial charge in [-0.25, -0.2) is 9.97 Å². The molecule has 0 atom stereocenters. The van der Waals surface area contributed by atoms with Crippen LogP contribution in [0.2, 0.25) is 5.15 Å². The van der Waals surface area contributed by atoms with Gasteiger partial charge in [-0.05, 0) is 30.7 Å². The van der Waals surface area contributed by atoms with Crippen molar-refractivity contribution in [1.82, 2.24) is 9.97 Å². The maximum Gasteiger partial charge on any atom is 0.162 e. The zero-order valence-corrected chi connectivity index (χ0v) is 12.0. The van der Waals surface area contributed by atoms with Gasteiger partial charge in [0.05, 0.1) is 0 Å². The molecule has 2 nitrogen and oxygen atoms in total. The first-order chi connectivity index (χ1) is 8.00. The molecule has 0 amide bonds. The molecule has 4 heteroatoms. The molecule has 0 saturated heterocycles. The quantitative estimate of drug-likeness (QED) is 0.743. The Bertz CT molecular complexity index is 523. The van der Waals surface area contributed by atoms with Crippen LogP contribution in [0, 0.1) is 13.8 Å². The van der Waals surface area contributed by atoms with Crippen LogP contribution in [0.15, 0.2) is 10.8 Å². The highest BCUT2D eigenvalue weighted by atomic mass is 35.5. The van der Waals surface area contributed by atoms with Crippen LogP contribution >= 0.6 is 22.9 Å². The van der Waals surface area contributed by atoms with E-state index in [4.69, 9.17) is 11.6 Å². The van der Waals surface area contributed by atoms with E-state index in [2.05, 4.69) is 41.5 Å². The first-order valence-corrected chi connectivity index (χ1v) is 6.90.